The molecule has 0 atom stereocenters. The van der Waals surface area contributed by atoms with E-state index in [1.807, 2.05) is 0 Å². The van der Waals surface area contributed by atoms with Gasteiger partial charge in [0.2, 0.25) is 0 Å². The summed E-state index contributed by atoms with van der Waals surface area (Å²) in [5.41, 5.74) is -1.65. The molecule has 1 amide bonds. The fraction of sp³-hybridized carbons (Fsp3) is 0.0909. The second-order valence-electron chi connectivity index (χ2n) is 7.06. The number of aliphatic hydroxyl groups excluding tert-OH is 1. The Morgan fingerprint density at radius 1 is 1.03 bits per heavy atom. The summed E-state index contributed by atoms with van der Waals surface area (Å²) in [5, 5.41) is 13.1. The zero-order valence-corrected chi connectivity index (χ0v) is 17.6. The molecule has 0 fully saturated rings. The third kappa shape index (κ3) is 4.27. The van der Waals surface area contributed by atoms with Crippen molar-refractivity contribution in [2.24, 2.45) is 0 Å². The summed E-state index contributed by atoms with van der Waals surface area (Å²) in [4.78, 5) is 17.0. The SMILES string of the molecule is O=C(Nc1cccc(C(F)(F)F)c1)C1=C(O)c2ccccc2S(=O)(=O)N1Cc1ccccn1. The highest BCUT2D eigenvalue weighted by molar-refractivity contribution is 7.89. The lowest BCUT2D eigenvalue weighted by atomic mass is 10.1. The van der Waals surface area contributed by atoms with Crippen molar-refractivity contribution in [1.82, 2.24) is 9.29 Å². The summed E-state index contributed by atoms with van der Waals surface area (Å²) >= 11 is 0. The molecule has 0 saturated heterocycles. The van der Waals surface area contributed by atoms with Gasteiger partial charge in [-0.25, -0.2) is 8.42 Å². The molecule has 0 unspecified atom stereocenters. The van der Waals surface area contributed by atoms with Gasteiger partial charge in [0.15, 0.2) is 11.5 Å². The molecule has 2 heterocycles. The summed E-state index contributed by atoms with van der Waals surface area (Å²) in [7, 11) is -4.30. The van der Waals surface area contributed by atoms with Crippen LogP contribution in [0.2, 0.25) is 0 Å². The number of aromatic nitrogens is 1. The molecule has 1 aliphatic heterocycles. The molecular weight excluding hydrogens is 459 g/mol. The number of alkyl halides is 3. The Balaban J connectivity index is 1.80. The molecule has 33 heavy (non-hydrogen) atoms. The van der Waals surface area contributed by atoms with Gasteiger partial charge in [0.1, 0.15) is 0 Å². The van der Waals surface area contributed by atoms with Crippen LogP contribution < -0.4 is 5.32 Å². The van der Waals surface area contributed by atoms with Crippen molar-refractivity contribution >= 4 is 27.4 Å². The molecule has 11 heteroatoms. The van der Waals surface area contributed by atoms with Crippen molar-refractivity contribution in [1.29, 1.82) is 0 Å². The number of anilines is 1. The maximum Gasteiger partial charge on any atom is 0.416 e. The average molecular weight is 475 g/mol. The first-order chi connectivity index (χ1) is 15.6. The van der Waals surface area contributed by atoms with Crippen LogP contribution in [0.5, 0.6) is 0 Å². The van der Waals surface area contributed by atoms with Crippen molar-refractivity contribution < 1.29 is 31.5 Å². The summed E-state index contributed by atoms with van der Waals surface area (Å²) in [6.07, 6.45) is -3.20. The Hall–Kier alpha value is -3.86. The molecule has 0 spiro atoms. The molecule has 0 aliphatic carbocycles. The third-order valence-corrected chi connectivity index (χ3v) is 6.68. The van der Waals surface area contributed by atoms with E-state index in [1.54, 1.807) is 12.1 Å². The topological polar surface area (TPSA) is 99.6 Å². The Kier molecular flexibility index (Phi) is 5.58. The number of hydrogen-bond acceptors (Lipinski definition) is 5. The number of carbonyl (C=O) groups is 1. The van der Waals surface area contributed by atoms with Crippen LogP contribution in [-0.2, 0) is 27.5 Å². The first kappa shape index (κ1) is 22.3. The summed E-state index contributed by atoms with van der Waals surface area (Å²) in [6.45, 7) is -0.382. The zero-order valence-electron chi connectivity index (χ0n) is 16.7. The number of fused-ring (bicyclic) bond motifs is 1. The monoisotopic (exact) mass is 475 g/mol. The smallest absolute Gasteiger partial charge is 0.416 e. The van der Waals surface area contributed by atoms with Gasteiger partial charge in [0, 0.05) is 17.4 Å². The van der Waals surface area contributed by atoms with Crippen LogP contribution in [0.1, 0.15) is 16.8 Å². The van der Waals surface area contributed by atoms with Crippen LogP contribution in [0.15, 0.2) is 83.5 Å². The van der Waals surface area contributed by atoms with Gasteiger partial charge in [-0.05, 0) is 42.5 Å². The largest absolute Gasteiger partial charge is 0.505 e. The number of pyridine rings is 1. The van der Waals surface area contributed by atoms with Gasteiger partial charge < -0.3 is 10.4 Å². The highest BCUT2D eigenvalue weighted by Crippen LogP contribution is 2.37. The predicted molar refractivity (Wildman–Crippen MR) is 113 cm³/mol. The third-order valence-electron chi connectivity index (χ3n) is 4.88. The molecule has 0 radical (unpaired) electrons. The average Bonchev–Trinajstić information content (AvgIpc) is 2.78. The van der Waals surface area contributed by atoms with Crippen molar-refractivity contribution in [2.75, 3.05) is 5.32 Å². The molecule has 3 aromatic rings. The molecule has 0 saturated carbocycles. The second-order valence-corrected chi connectivity index (χ2v) is 8.89. The van der Waals surface area contributed by atoms with E-state index in [-0.39, 0.29) is 28.4 Å². The van der Waals surface area contributed by atoms with Crippen LogP contribution in [0.4, 0.5) is 18.9 Å². The van der Waals surface area contributed by atoms with Gasteiger partial charge >= 0.3 is 6.18 Å². The summed E-state index contributed by atoms with van der Waals surface area (Å²) < 4.78 is 66.5. The van der Waals surface area contributed by atoms with Gasteiger partial charge in [-0.3, -0.25) is 14.1 Å². The minimum atomic E-state index is -4.64. The molecule has 4 rings (SSSR count). The van der Waals surface area contributed by atoms with Crippen LogP contribution in [0.3, 0.4) is 0 Å². The lowest BCUT2D eigenvalue weighted by Gasteiger charge is -2.31. The molecule has 2 aromatic carbocycles. The minimum absolute atomic E-state index is 0.0936. The number of carbonyl (C=O) groups excluding carboxylic acids is 1. The minimum Gasteiger partial charge on any atom is -0.505 e. The highest BCUT2D eigenvalue weighted by Gasteiger charge is 2.40. The van der Waals surface area contributed by atoms with Crippen molar-refractivity contribution in [3.8, 4) is 0 Å². The van der Waals surface area contributed by atoms with E-state index in [4.69, 9.17) is 0 Å². The van der Waals surface area contributed by atoms with Gasteiger partial charge in [-0.1, -0.05) is 24.3 Å². The maximum atomic E-state index is 13.3. The molecule has 1 aromatic heterocycles. The molecule has 2 N–H and O–H groups in total. The fourth-order valence-corrected chi connectivity index (χ4v) is 5.00. The Bertz CT molecular complexity index is 1360. The Morgan fingerprint density at radius 3 is 2.45 bits per heavy atom. The number of nitrogens with zero attached hydrogens (tertiary/aromatic N) is 2. The number of sulfonamides is 1. The zero-order chi connectivity index (χ0) is 23.8. The summed E-state index contributed by atoms with van der Waals surface area (Å²) in [5.74, 6) is -1.72. The van der Waals surface area contributed by atoms with E-state index in [1.165, 1.54) is 42.6 Å². The van der Waals surface area contributed by atoms with Crippen molar-refractivity contribution in [3.63, 3.8) is 0 Å². The van der Waals surface area contributed by atoms with E-state index in [9.17, 15) is 31.5 Å². The number of hydrogen-bond donors (Lipinski definition) is 2. The van der Waals surface area contributed by atoms with Crippen molar-refractivity contribution in [2.45, 2.75) is 17.6 Å². The van der Waals surface area contributed by atoms with E-state index in [0.29, 0.717) is 10.4 Å². The van der Waals surface area contributed by atoms with Gasteiger partial charge in [0.25, 0.3) is 15.9 Å². The second kappa shape index (κ2) is 8.24. The van der Waals surface area contributed by atoms with E-state index in [0.717, 1.165) is 12.1 Å². The molecule has 1 aliphatic rings. The Morgan fingerprint density at radius 2 is 1.76 bits per heavy atom. The number of nitrogens with one attached hydrogen (secondary N) is 1. The number of halogens is 3. The van der Waals surface area contributed by atoms with Crippen LogP contribution in [0, 0.1) is 0 Å². The lowest BCUT2D eigenvalue weighted by Crippen LogP contribution is -2.39. The molecule has 0 bridgehead atoms. The number of benzene rings is 2. The van der Waals surface area contributed by atoms with Gasteiger partial charge in [-0.15, -0.1) is 0 Å². The van der Waals surface area contributed by atoms with E-state index in [2.05, 4.69) is 10.3 Å². The highest BCUT2D eigenvalue weighted by atomic mass is 32.2. The van der Waals surface area contributed by atoms with Crippen LogP contribution in [0.25, 0.3) is 5.76 Å². The molecule has 7 nitrogen and oxygen atoms in total. The Labute approximate surface area is 186 Å². The first-order valence-electron chi connectivity index (χ1n) is 9.53. The standard InChI is InChI=1S/C22H16F3N3O4S/c23-22(24,25)14-6-5-8-15(12-14)27-21(30)19-20(29)17-9-1-2-10-18(17)33(31,32)28(19)13-16-7-3-4-11-26-16/h1-12,29H,13H2,(H,27,30). The van der Waals surface area contributed by atoms with Crippen LogP contribution >= 0.6 is 0 Å². The number of aliphatic hydroxyl groups is 1. The van der Waals surface area contributed by atoms with Crippen molar-refractivity contribution in [3.05, 3.63) is 95.4 Å². The predicted octanol–water partition coefficient (Wildman–Crippen LogP) is 4.17. The van der Waals surface area contributed by atoms with Crippen LogP contribution in [-0.4, -0.2) is 28.7 Å². The van der Waals surface area contributed by atoms with Gasteiger partial charge in [-0.2, -0.15) is 13.2 Å². The van der Waals surface area contributed by atoms with E-state index < -0.39 is 39.1 Å². The number of amides is 1. The fourth-order valence-electron chi connectivity index (χ4n) is 3.36. The lowest BCUT2D eigenvalue weighted by molar-refractivity contribution is -0.137. The normalized spacial score (nSPS) is 15.2. The maximum absolute atomic E-state index is 13.3. The summed E-state index contributed by atoms with van der Waals surface area (Å²) in [6, 6.07) is 14.2. The molecular formula is C22H16F3N3O4S. The quantitative estimate of drug-likeness (QED) is 0.590. The van der Waals surface area contributed by atoms with E-state index >= 15 is 0 Å². The molecule has 170 valence electrons. The first-order valence-corrected chi connectivity index (χ1v) is 11.0. The van der Waals surface area contributed by atoms with Gasteiger partial charge in [0.05, 0.1) is 22.7 Å². The number of rotatable bonds is 4.